The second-order valence-corrected chi connectivity index (χ2v) is 15.7. The molecule has 0 saturated carbocycles. The van der Waals surface area contributed by atoms with Crippen molar-refractivity contribution in [3.05, 3.63) is 108 Å². The van der Waals surface area contributed by atoms with Crippen molar-refractivity contribution in [2.24, 2.45) is 0 Å². The molecule has 0 radical (unpaired) electrons. The zero-order valence-electron chi connectivity index (χ0n) is 37.6. The van der Waals surface area contributed by atoms with E-state index in [1.807, 2.05) is 32.9 Å². The first-order valence-corrected chi connectivity index (χ1v) is 20.0. The van der Waals surface area contributed by atoms with Gasteiger partial charge in [0.1, 0.15) is 28.6 Å². The highest BCUT2D eigenvalue weighted by Crippen LogP contribution is 2.29. The zero-order valence-corrected chi connectivity index (χ0v) is 37.6. The van der Waals surface area contributed by atoms with Gasteiger partial charge in [-0.15, -0.1) is 0 Å². The largest absolute Gasteiger partial charge is 0.494 e. The number of hydrogen-bond acceptors (Lipinski definition) is 11. The summed E-state index contributed by atoms with van der Waals surface area (Å²) in [5.74, 6) is 1.94. The van der Waals surface area contributed by atoms with Crippen LogP contribution in [0.3, 0.4) is 0 Å². The number of nitrogens with zero attached hydrogens (tertiary/aromatic N) is 4. The van der Waals surface area contributed by atoms with Crippen LogP contribution in [0.1, 0.15) is 63.7 Å². The molecule has 4 aromatic carbocycles. The molecule has 4 rings (SSSR count). The van der Waals surface area contributed by atoms with Crippen molar-refractivity contribution in [1.29, 1.82) is 0 Å². The van der Waals surface area contributed by atoms with Gasteiger partial charge in [0.2, 0.25) is 5.91 Å². The van der Waals surface area contributed by atoms with E-state index in [0.29, 0.717) is 53.8 Å². The molecule has 0 aliphatic rings. The maximum Gasteiger partial charge on any atom is 0.414 e. The highest BCUT2D eigenvalue weighted by atomic mass is 16.6. The van der Waals surface area contributed by atoms with Crippen LogP contribution in [-0.4, -0.2) is 116 Å². The smallest absolute Gasteiger partial charge is 0.414 e. The number of hydrogen-bond donors (Lipinski definition) is 3. The fraction of sp³-hybridized carbons (Fsp3) is 0.370. The fourth-order valence-electron chi connectivity index (χ4n) is 5.64. The molecule has 4 N–H and O–H groups in total. The van der Waals surface area contributed by atoms with Crippen molar-refractivity contribution in [3.63, 3.8) is 0 Å². The summed E-state index contributed by atoms with van der Waals surface area (Å²) in [4.78, 5) is 64.2. The summed E-state index contributed by atoms with van der Waals surface area (Å²) >= 11 is 0. The third-order valence-corrected chi connectivity index (χ3v) is 8.96. The number of ether oxygens (including phenoxy) is 5. The van der Waals surface area contributed by atoms with Crippen molar-refractivity contribution >= 4 is 41.7 Å². The van der Waals surface area contributed by atoms with Gasteiger partial charge in [0, 0.05) is 73.4 Å². The number of nitrogen functional groups attached to an aromatic ring is 1. The van der Waals surface area contributed by atoms with Crippen LogP contribution < -0.4 is 30.0 Å². The Hall–Kier alpha value is -7.17. The SMILES string of the molecule is CC(=O)Nc1ccc(OCCC(c2ccc(OC(=O)N(C)C)cc2)N(C)C(=O)O)cc1.CN(C)C(=O)Oc1ccc(C(CCOc2ccc(N)cc2)N(C)C(=O)OC(C)(C)C)cc1. The highest BCUT2D eigenvalue weighted by molar-refractivity contribution is 5.88. The number of carbonyl (C=O) groups excluding carboxylic acids is 4. The maximum absolute atomic E-state index is 12.7. The van der Waals surface area contributed by atoms with Crippen LogP contribution in [0.4, 0.5) is 30.6 Å². The number of nitrogens with two attached hydrogens (primary N) is 1. The van der Waals surface area contributed by atoms with Crippen LogP contribution in [0.25, 0.3) is 0 Å². The molecule has 2 unspecified atom stereocenters. The monoisotopic (exact) mass is 872 g/mol. The van der Waals surface area contributed by atoms with E-state index >= 15 is 0 Å². The molecule has 17 nitrogen and oxygen atoms in total. The van der Waals surface area contributed by atoms with E-state index in [1.54, 1.807) is 125 Å². The quantitative estimate of drug-likeness (QED) is 0.0963. The lowest BCUT2D eigenvalue weighted by molar-refractivity contribution is -0.114. The summed E-state index contributed by atoms with van der Waals surface area (Å²) in [6.07, 6.45) is -1.52. The lowest BCUT2D eigenvalue weighted by Crippen LogP contribution is -2.37. The van der Waals surface area contributed by atoms with E-state index in [1.165, 1.54) is 28.7 Å². The molecule has 63 heavy (non-hydrogen) atoms. The van der Waals surface area contributed by atoms with Gasteiger partial charge in [0.15, 0.2) is 0 Å². The fourth-order valence-corrected chi connectivity index (χ4v) is 5.64. The molecule has 4 aromatic rings. The second-order valence-electron chi connectivity index (χ2n) is 15.7. The van der Waals surface area contributed by atoms with Crippen molar-refractivity contribution in [1.82, 2.24) is 19.6 Å². The molecule has 0 saturated heterocycles. The molecule has 0 aromatic heterocycles. The van der Waals surface area contributed by atoms with Crippen molar-refractivity contribution in [2.45, 2.75) is 58.2 Å². The van der Waals surface area contributed by atoms with Gasteiger partial charge in [0.25, 0.3) is 0 Å². The van der Waals surface area contributed by atoms with E-state index in [4.69, 9.17) is 29.4 Å². The molecule has 0 heterocycles. The summed E-state index contributed by atoms with van der Waals surface area (Å²) in [6, 6.07) is 27.1. The average molecular weight is 873 g/mol. The van der Waals surface area contributed by atoms with Gasteiger partial charge in [0.05, 0.1) is 25.3 Å². The molecule has 0 fully saturated rings. The molecule has 17 heteroatoms. The van der Waals surface area contributed by atoms with Gasteiger partial charge in [-0.25, -0.2) is 19.2 Å². The minimum atomic E-state index is -1.06. The molecule has 5 amide bonds. The average Bonchev–Trinajstić information content (AvgIpc) is 3.22. The molecule has 340 valence electrons. The van der Waals surface area contributed by atoms with E-state index in [-0.39, 0.29) is 18.6 Å². The Morgan fingerprint density at radius 2 is 0.968 bits per heavy atom. The van der Waals surface area contributed by atoms with Crippen LogP contribution in [0.5, 0.6) is 23.0 Å². The van der Waals surface area contributed by atoms with Gasteiger partial charge in [-0.1, -0.05) is 24.3 Å². The summed E-state index contributed by atoms with van der Waals surface area (Å²) < 4.78 is 27.6. The third kappa shape index (κ3) is 17.4. The molecule has 0 aliphatic heterocycles. The minimum absolute atomic E-state index is 0.157. The van der Waals surface area contributed by atoms with Crippen LogP contribution in [0.15, 0.2) is 97.1 Å². The number of benzene rings is 4. The van der Waals surface area contributed by atoms with E-state index in [2.05, 4.69) is 5.32 Å². The van der Waals surface area contributed by atoms with Crippen molar-refractivity contribution in [3.8, 4) is 23.0 Å². The maximum atomic E-state index is 12.7. The van der Waals surface area contributed by atoms with Crippen LogP contribution in [0, 0.1) is 0 Å². The Balaban J connectivity index is 0.000000335. The summed E-state index contributed by atoms with van der Waals surface area (Å²) in [6.45, 7) is 7.56. The Morgan fingerprint density at radius 3 is 1.33 bits per heavy atom. The lowest BCUT2D eigenvalue weighted by atomic mass is 10.0. The van der Waals surface area contributed by atoms with Crippen LogP contribution >= 0.6 is 0 Å². The van der Waals surface area contributed by atoms with E-state index < -0.39 is 36.0 Å². The topological polar surface area (TPSA) is 203 Å². The first-order chi connectivity index (χ1) is 29.6. The van der Waals surface area contributed by atoms with Gasteiger partial charge in [-0.3, -0.25) is 4.79 Å². The molecule has 0 aliphatic carbocycles. The van der Waals surface area contributed by atoms with Gasteiger partial charge in [-0.05, 0) is 105 Å². The first kappa shape index (κ1) is 50.2. The Labute approximate surface area is 369 Å². The van der Waals surface area contributed by atoms with Crippen LogP contribution in [0.2, 0.25) is 0 Å². The van der Waals surface area contributed by atoms with Gasteiger partial charge >= 0.3 is 24.4 Å². The molecule has 0 bridgehead atoms. The van der Waals surface area contributed by atoms with Crippen LogP contribution in [-0.2, 0) is 9.53 Å². The Kier molecular flexibility index (Phi) is 18.9. The first-order valence-electron chi connectivity index (χ1n) is 20.0. The minimum Gasteiger partial charge on any atom is -0.494 e. The number of carbonyl (C=O) groups is 5. The molecule has 2 atom stereocenters. The Morgan fingerprint density at radius 1 is 0.587 bits per heavy atom. The second kappa shape index (κ2) is 23.7. The van der Waals surface area contributed by atoms with Gasteiger partial charge in [-0.2, -0.15) is 0 Å². The summed E-state index contributed by atoms with van der Waals surface area (Å²) in [5.41, 5.74) is 8.04. The van der Waals surface area contributed by atoms with Gasteiger partial charge < -0.3 is 59.4 Å². The van der Waals surface area contributed by atoms with E-state index in [0.717, 1.165) is 11.1 Å². The predicted octanol–water partition coefficient (Wildman–Crippen LogP) is 8.53. The molecule has 0 spiro atoms. The zero-order chi connectivity index (χ0) is 46.9. The normalized spacial score (nSPS) is 11.6. The number of anilines is 2. The van der Waals surface area contributed by atoms with E-state index in [9.17, 15) is 29.1 Å². The number of rotatable bonds is 15. The standard InChI is InChI=1S/C24H33N3O5.C22H27N3O6/c1-24(2,3)32-23(29)27(6)21(15-16-30-19-13-9-18(25)10-14-19)17-7-11-20(12-8-17)31-22(28)26(4)5;1-15(26)23-17-7-11-18(12-8-17)30-14-13-20(25(4)21(27)28)16-5-9-19(10-6-16)31-22(29)24(2)3/h7-14,21H,15-16,25H2,1-6H3;5-12,20H,13-14H2,1-4H3,(H,23,26)(H,27,28). The number of carboxylic acid groups (broad SMARTS) is 1. The number of nitrogens with one attached hydrogen (secondary N) is 1. The third-order valence-electron chi connectivity index (χ3n) is 8.96. The predicted molar refractivity (Wildman–Crippen MR) is 239 cm³/mol. The highest BCUT2D eigenvalue weighted by Gasteiger charge is 2.27. The van der Waals surface area contributed by atoms with Crippen molar-refractivity contribution in [2.75, 3.05) is 66.6 Å². The molecular weight excluding hydrogens is 813 g/mol. The number of amides is 5. The Bertz CT molecular complexity index is 2090. The summed E-state index contributed by atoms with van der Waals surface area (Å²) in [7, 11) is 9.59. The lowest BCUT2D eigenvalue weighted by Gasteiger charge is -2.31. The summed E-state index contributed by atoms with van der Waals surface area (Å²) in [5, 5.41) is 12.1. The van der Waals surface area contributed by atoms with Crippen molar-refractivity contribution < 1.29 is 52.8 Å². The molecular formula is C46H60N6O11.